The normalized spacial score (nSPS) is 15.5. The molecule has 1 aromatic carbocycles. The van der Waals surface area contributed by atoms with Crippen molar-refractivity contribution >= 4 is 22.5 Å². The molecule has 4 rings (SSSR count). The van der Waals surface area contributed by atoms with Crippen molar-refractivity contribution in [3.8, 4) is 11.1 Å². The molecule has 1 aliphatic heterocycles. The topological polar surface area (TPSA) is 21.1 Å². The molecule has 2 aromatic heterocycles. The van der Waals surface area contributed by atoms with Crippen molar-refractivity contribution in [3.05, 3.63) is 53.9 Å². The van der Waals surface area contributed by atoms with Crippen LogP contribution >= 0.6 is 11.6 Å². The van der Waals surface area contributed by atoms with Crippen LogP contribution in [0.25, 0.3) is 22.0 Å². The van der Waals surface area contributed by atoms with Gasteiger partial charge in [-0.05, 0) is 49.7 Å². The molecule has 0 unspecified atom stereocenters. The molecule has 0 saturated carbocycles. The van der Waals surface area contributed by atoms with Crippen LogP contribution in [0.3, 0.4) is 0 Å². The van der Waals surface area contributed by atoms with Crippen molar-refractivity contribution in [3.63, 3.8) is 0 Å². The number of hydrogen-bond donors (Lipinski definition) is 0. The molecule has 118 valence electrons. The Bertz CT molecular complexity index is 818. The maximum atomic E-state index is 6.34. The zero-order valence-electron chi connectivity index (χ0n) is 13.1. The SMILES string of the molecule is Clc1cnccc1-c1cccc2c1ccn2CCN1CCCC1. The molecule has 3 aromatic rings. The zero-order chi connectivity index (χ0) is 15.6. The standard InChI is InChI=1S/C19H20ClN3/c20-18-14-21-8-6-16(18)15-4-3-5-19-17(15)7-11-23(19)13-12-22-9-1-2-10-22/h3-8,11,14H,1-2,9-10,12-13H2. The van der Waals surface area contributed by atoms with E-state index in [0.717, 1.165) is 18.7 Å². The molecular formula is C19H20ClN3. The van der Waals surface area contributed by atoms with Crippen molar-refractivity contribution in [2.45, 2.75) is 19.4 Å². The summed E-state index contributed by atoms with van der Waals surface area (Å²) in [7, 11) is 0. The number of likely N-dealkylation sites (tertiary alicyclic amines) is 1. The summed E-state index contributed by atoms with van der Waals surface area (Å²) in [5, 5.41) is 1.95. The van der Waals surface area contributed by atoms with Gasteiger partial charge in [0.05, 0.1) is 5.02 Å². The van der Waals surface area contributed by atoms with Crippen LogP contribution in [0.2, 0.25) is 5.02 Å². The molecule has 0 aliphatic carbocycles. The Morgan fingerprint density at radius 3 is 2.70 bits per heavy atom. The summed E-state index contributed by atoms with van der Waals surface area (Å²) in [5.41, 5.74) is 3.49. The lowest BCUT2D eigenvalue weighted by Crippen LogP contribution is -2.23. The predicted molar refractivity (Wildman–Crippen MR) is 95.9 cm³/mol. The zero-order valence-corrected chi connectivity index (χ0v) is 13.8. The minimum Gasteiger partial charge on any atom is -0.346 e. The molecule has 1 saturated heterocycles. The number of nitrogens with zero attached hydrogens (tertiary/aromatic N) is 3. The van der Waals surface area contributed by atoms with E-state index in [0.29, 0.717) is 5.02 Å². The molecule has 4 heteroatoms. The van der Waals surface area contributed by atoms with Crippen LogP contribution in [0.4, 0.5) is 0 Å². The molecule has 23 heavy (non-hydrogen) atoms. The minimum atomic E-state index is 0.699. The number of rotatable bonds is 4. The van der Waals surface area contributed by atoms with E-state index >= 15 is 0 Å². The van der Waals surface area contributed by atoms with Crippen molar-refractivity contribution in [1.29, 1.82) is 0 Å². The van der Waals surface area contributed by atoms with E-state index in [9.17, 15) is 0 Å². The van der Waals surface area contributed by atoms with E-state index in [4.69, 9.17) is 11.6 Å². The molecule has 1 aliphatic rings. The Hall–Kier alpha value is -1.84. The fraction of sp³-hybridized carbons (Fsp3) is 0.316. The van der Waals surface area contributed by atoms with E-state index in [1.165, 1.54) is 42.4 Å². The van der Waals surface area contributed by atoms with Crippen LogP contribution in [0.5, 0.6) is 0 Å². The van der Waals surface area contributed by atoms with Crippen molar-refractivity contribution in [2.24, 2.45) is 0 Å². The molecule has 3 nitrogen and oxygen atoms in total. The maximum absolute atomic E-state index is 6.34. The van der Waals surface area contributed by atoms with Crippen LogP contribution in [0.1, 0.15) is 12.8 Å². The average Bonchev–Trinajstić information content (AvgIpc) is 3.23. The third kappa shape index (κ3) is 2.87. The van der Waals surface area contributed by atoms with Crippen molar-refractivity contribution < 1.29 is 0 Å². The van der Waals surface area contributed by atoms with Crippen LogP contribution in [0, 0.1) is 0 Å². The number of pyridine rings is 1. The van der Waals surface area contributed by atoms with Crippen LogP contribution in [-0.2, 0) is 6.54 Å². The lowest BCUT2D eigenvalue weighted by Gasteiger charge is -2.15. The summed E-state index contributed by atoms with van der Waals surface area (Å²) in [6.45, 7) is 4.66. The van der Waals surface area contributed by atoms with Gasteiger partial charge >= 0.3 is 0 Å². The fourth-order valence-corrected chi connectivity index (χ4v) is 3.72. The van der Waals surface area contributed by atoms with Gasteiger partial charge in [-0.15, -0.1) is 0 Å². The molecule has 0 radical (unpaired) electrons. The van der Waals surface area contributed by atoms with Gasteiger partial charge in [0, 0.05) is 48.1 Å². The largest absolute Gasteiger partial charge is 0.346 e. The highest BCUT2D eigenvalue weighted by molar-refractivity contribution is 6.33. The number of benzene rings is 1. The monoisotopic (exact) mass is 325 g/mol. The Kier molecular flexibility index (Phi) is 4.06. The Labute approximate surface area is 141 Å². The summed E-state index contributed by atoms with van der Waals surface area (Å²) in [6, 6.07) is 10.6. The molecule has 1 fully saturated rings. The average molecular weight is 326 g/mol. The van der Waals surface area contributed by atoms with Gasteiger partial charge in [0.2, 0.25) is 0 Å². The fourth-order valence-electron chi connectivity index (χ4n) is 3.50. The third-order valence-corrected chi connectivity index (χ3v) is 5.03. The summed E-state index contributed by atoms with van der Waals surface area (Å²) >= 11 is 6.34. The first kappa shape index (κ1) is 14.7. The first-order valence-corrected chi connectivity index (χ1v) is 8.61. The van der Waals surface area contributed by atoms with E-state index in [1.807, 2.05) is 6.07 Å². The molecule has 0 atom stereocenters. The second kappa shape index (κ2) is 6.34. The molecule has 0 N–H and O–H groups in total. The Balaban J connectivity index is 1.67. The lowest BCUT2D eigenvalue weighted by molar-refractivity contribution is 0.324. The van der Waals surface area contributed by atoms with Gasteiger partial charge in [-0.3, -0.25) is 4.98 Å². The highest BCUT2D eigenvalue weighted by Crippen LogP contribution is 2.33. The van der Waals surface area contributed by atoms with Gasteiger partial charge in [-0.25, -0.2) is 0 Å². The number of aromatic nitrogens is 2. The van der Waals surface area contributed by atoms with E-state index in [2.05, 4.69) is 44.9 Å². The molecule has 0 spiro atoms. The van der Waals surface area contributed by atoms with Crippen molar-refractivity contribution in [1.82, 2.24) is 14.5 Å². The van der Waals surface area contributed by atoms with Gasteiger partial charge in [0.1, 0.15) is 0 Å². The van der Waals surface area contributed by atoms with E-state index in [1.54, 1.807) is 12.4 Å². The summed E-state index contributed by atoms with van der Waals surface area (Å²) < 4.78 is 2.35. The second-order valence-electron chi connectivity index (χ2n) is 6.15. The van der Waals surface area contributed by atoms with Crippen LogP contribution in [0.15, 0.2) is 48.9 Å². The Morgan fingerprint density at radius 2 is 1.87 bits per heavy atom. The van der Waals surface area contributed by atoms with Gasteiger partial charge < -0.3 is 9.47 Å². The van der Waals surface area contributed by atoms with Crippen LogP contribution < -0.4 is 0 Å². The predicted octanol–water partition coefficient (Wildman–Crippen LogP) is 4.45. The molecular weight excluding hydrogens is 306 g/mol. The quantitative estimate of drug-likeness (QED) is 0.706. The summed E-state index contributed by atoms with van der Waals surface area (Å²) in [5.74, 6) is 0. The van der Waals surface area contributed by atoms with Crippen molar-refractivity contribution in [2.75, 3.05) is 19.6 Å². The smallest absolute Gasteiger partial charge is 0.0667 e. The van der Waals surface area contributed by atoms with Gasteiger partial charge in [0.15, 0.2) is 0 Å². The van der Waals surface area contributed by atoms with Gasteiger partial charge in [-0.2, -0.15) is 0 Å². The first-order valence-electron chi connectivity index (χ1n) is 8.23. The first-order chi connectivity index (χ1) is 11.3. The highest BCUT2D eigenvalue weighted by atomic mass is 35.5. The van der Waals surface area contributed by atoms with Gasteiger partial charge in [-0.1, -0.05) is 23.7 Å². The number of halogens is 1. The summed E-state index contributed by atoms with van der Waals surface area (Å²) in [4.78, 5) is 6.64. The molecule has 3 heterocycles. The molecule has 0 bridgehead atoms. The lowest BCUT2D eigenvalue weighted by atomic mass is 10.0. The number of hydrogen-bond acceptors (Lipinski definition) is 2. The molecule has 0 amide bonds. The van der Waals surface area contributed by atoms with Gasteiger partial charge in [0.25, 0.3) is 0 Å². The van der Waals surface area contributed by atoms with Crippen LogP contribution in [-0.4, -0.2) is 34.1 Å². The van der Waals surface area contributed by atoms with E-state index < -0.39 is 0 Å². The Morgan fingerprint density at radius 1 is 1.00 bits per heavy atom. The highest BCUT2D eigenvalue weighted by Gasteiger charge is 2.13. The number of fused-ring (bicyclic) bond motifs is 1. The summed E-state index contributed by atoms with van der Waals surface area (Å²) in [6.07, 6.45) is 8.39. The minimum absolute atomic E-state index is 0.699. The maximum Gasteiger partial charge on any atom is 0.0667 e. The second-order valence-corrected chi connectivity index (χ2v) is 6.56. The van der Waals surface area contributed by atoms with E-state index in [-0.39, 0.29) is 0 Å². The third-order valence-electron chi connectivity index (χ3n) is 4.73.